The average molecular weight is 397 g/mol. The van der Waals surface area contributed by atoms with Crippen molar-refractivity contribution in [2.24, 2.45) is 0 Å². The quantitative estimate of drug-likeness (QED) is 0.464. The predicted octanol–water partition coefficient (Wildman–Crippen LogP) is 4.00. The standard InChI is InChI=1S/C18H15N5O6/c1-10-4-7-14(21(24)25)12-5-6-13(19-17(10)12)11-8-15(22(26)27)18(20(2)3)16(9-11)23(28)29/h4-9H,1-3H3. The van der Waals surface area contributed by atoms with Gasteiger partial charge in [-0.3, -0.25) is 30.3 Å². The third kappa shape index (κ3) is 3.40. The lowest BCUT2D eigenvalue weighted by Crippen LogP contribution is -2.13. The minimum Gasteiger partial charge on any atom is -0.366 e. The summed E-state index contributed by atoms with van der Waals surface area (Å²) in [6.45, 7) is 1.73. The van der Waals surface area contributed by atoms with Gasteiger partial charge in [0.15, 0.2) is 5.69 Å². The molecule has 0 amide bonds. The van der Waals surface area contributed by atoms with Gasteiger partial charge in [-0.1, -0.05) is 6.07 Å². The molecule has 11 heteroatoms. The number of fused-ring (bicyclic) bond motifs is 1. The Morgan fingerprint density at radius 2 is 1.38 bits per heavy atom. The summed E-state index contributed by atoms with van der Waals surface area (Å²) in [7, 11) is 2.96. The first kappa shape index (κ1) is 19.6. The van der Waals surface area contributed by atoms with Crippen molar-refractivity contribution in [3.05, 3.63) is 72.3 Å². The highest BCUT2D eigenvalue weighted by molar-refractivity contribution is 5.92. The van der Waals surface area contributed by atoms with Crippen molar-refractivity contribution < 1.29 is 14.8 Å². The number of aryl methyl sites for hydroxylation is 1. The van der Waals surface area contributed by atoms with Gasteiger partial charge in [0.25, 0.3) is 17.1 Å². The van der Waals surface area contributed by atoms with Gasteiger partial charge in [-0.2, -0.15) is 0 Å². The number of nitro benzene ring substituents is 3. The Balaban J connectivity index is 2.32. The second-order valence-electron chi connectivity index (χ2n) is 6.52. The first-order chi connectivity index (χ1) is 13.6. The van der Waals surface area contributed by atoms with E-state index in [2.05, 4.69) is 4.98 Å². The Labute approximate surface area is 163 Å². The number of hydrogen-bond donors (Lipinski definition) is 0. The molecule has 1 heterocycles. The lowest BCUT2D eigenvalue weighted by Gasteiger charge is -2.14. The van der Waals surface area contributed by atoms with E-state index in [-0.39, 0.29) is 22.6 Å². The van der Waals surface area contributed by atoms with Crippen molar-refractivity contribution in [1.29, 1.82) is 0 Å². The number of nitro groups is 3. The zero-order valence-corrected chi connectivity index (χ0v) is 15.6. The second-order valence-corrected chi connectivity index (χ2v) is 6.52. The molecule has 1 aromatic heterocycles. The van der Waals surface area contributed by atoms with Gasteiger partial charge < -0.3 is 4.90 Å². The van der Waals surface area contributed by atoms with Crippen LogP contribution in [0.1, 0.15) is 5.56 Å². The lowest BCUT2D eigenvalue weighted by molar-refractivity contribution is -0.392. The molecule has 0 atom stereocenters. The van der Waals surface area contributed by atoms with E-state index in [4.69, 9.17) is 0 Å². The second kappa shape index (κ2) is 7.11. The Kier molecular flexibility index (Phi) is 4.81. The summed E-state index contributed by atoms with van der Waals surface area (Å²) < 4.78 is 0. The molecule has 0 radical (unpaired) electrons. The minimum atomic E-state index is -0.691. The van der Waals surface area contributed by atoms with Crippen molar-refractivity contribution in [2.45, 2.75) is 6.92 Å². The maximum atomic E-state index is 11.5. The SMILES string of the molecule is Cc1ccc([N+](=O)[O-])c2ccc(-c3cc([N+](=O)[O-])c(N(C)C)c([N+](=O)[O-])c3)nc12. The van der Waals surface area contributed by atoms with Crippen molar-refractivity contribution in [3.8, 4) is 11.3 Å². The Bertz CT molecular complexity index is 1160. The van der Waals surface area contributed by atoms with Crippen molar-refractivity contribution >= 4 is 33.7 Å². The van der Waals surface area contributed by atoms with Crippen molar-refractivity contribution in [2.75, 3.05) is 19.0 Å². The molecule has 0 aliphatic heterocycles. The highest BCUT2D eigenvalue weighted by Gasteiger charge is 2.29. The monoisotopic (exact) mass is 397 g/mol. The number of aromatic nitrogens is 1. The van der Waals surface area contributed by atoms with Crippen LogP contribution in [0.5, 0.6) is 0 Å². The Hall–Kier alpha value is -4.15. The van der Waals surface area contributed by atoms with E-state index in [1.54, 1.807) is 13.0 Å². The fourth-order valence-electron chi connectivity index (χ4n) is 3.15. The highest BCUT2D eigenvalue weighted by Crippen LogP contribution is 2.40. The summed E-state index contributed by atoms with van der Waals surface area (Å²) in [5.41, 5.74) is 0.300. The largest absolute Gasteiger partial charge is 0.366 e. The van der Waals surface area contributed by atoms with Crippen LogP contribution in [0.4, 0.5) is 22.7 Å². The van der Waals surface area contributed by atoms with Gasteiger partial charge in [0, 0.05) is 37.9 Å². The Morgan fingerprint density at radius 1 is 0.828 bits per heavy atom. The maximum Gasteiger partial charge on any atom is 0.300 e. The molecule has 3 rings (SSSR count). The zero-order chi connectivity index (χ0) is 21.5. The predicted molar refractivity (Wildman–Crippen MR) is 106 cm³/mol. The number of hydrogen-bond acceptors (Lipinski definition) is 8. The molecule has 0 fully saturated rings. The summed E-state index contributed by atoms with van der Waals surface area (Å²) in [5, 5.41) is 34.6. The fraction of sp³-hybridized carbons (Fsp3) is 0.167. The smallest absolute Gasteiger partial charge is 0.300 e. The van der Waals surface area contributed by atoms with Gasteiger partial charge >= 0.3 is 0 Å². The van der Waals surface area contributed by atoms with Crippen LogP contribution in [-0.2, 0) is 0 Å². The molecule has 11 nitrogen and oxygen atoms in total. The van der Waals surface area contributed by atoms with Crippen LogP contribution in [0, 0.1) is 37.3 Å². The number of anilines is 1. The highest BCUT2D eigenvalue weighted by atomic mass is 16.6. The topological polar surface area (TPSA) is 146 Å². The number of non-ortho nitro benzene ring substituents is 1. The minimum absolute atomic E-state index is 0.121. The number of rotatable bonds is 5. The third-order valence-corrected chi connectivity index (χ3v) is 4.44. The van der Waals surface area contributed by atoms with E-state index in [1.165, 1.54) is 49.3 Å². The molecule has 148 valence electrons. The van der Waals surface area contributed by atoms with E-state index in [1.807, 2.05) is 0 Å². The van der Waals surface area contributed by atoms with E-state index in [9.17, 15) is 30.3 Å². The molecule has 29 heavy (non-hydrogen) atoms. The van der Waals surface area contributed by atoms with Crippen LogP contribution in [0.15, 0.2) is 36.4 Å². The van der Waals surface area contributed by atoms with E-state index in [0.29, 0.717) is 16.5 Å². The van der Waals surface area contributed by atoms with Gasteiger partial charge in [0.05, 0.1) is 31.4 Å². The summed E-state index contributed by atoms with van der Waals surface area (Å²) in [5.74, 6) is 0. The van der Waals surface area contributed by atoms with Crippen LogP contribution in [-0.4, -0.2) is 33.8 Å². The van der Waals surface area contributed by atoms with Crippen LogP contribution in [0.25, 0.3) is 22.2 Å². The van der Waals surface area contributed by atoms with Crippen LogP contribution >= 0.6 is 0 Å². The summed E-state index contributed by atoms with van der Waals surface area (Å²) in [6.07, 6.45) is 0. The van der Waals surface area contributed by atoms with Gasteiger partial charge in [-0.05, 0) is 24.6 Å². The molecular weight excluding hydrogens is 382 g/mol. The number of pyridine rings is 1. The number of benzene rings is 2. The molecule has 3 aromatic rings. The van der Waals surface area contributed by atoms with Crippen molar-refractivity contribution in [3.63, 3.8) is 0 Å². The fourth-order valence-corrected chi connectivity index (χ4v) is 3.15. The average Bonchev–Trinajstić information content (AvgIpc) is 2.66. The summed E-state index contributed by atoms with van der Waals surface area (Å²) in [6, 6.07) is 8.29. The molecule has 0 aliphatic rings. The van der Waals surface area contributed by atoms with Crippen molar-refractivity contribution in [1.82, 2.24) is 4.98 Å². The first-order valence-electron chi connectivity index (χ1n) is 8.31. The first-order valence-corrected chi connectivity index (χ1v) is 8.31. The Morgan fingerprint density at radius 3 is 1.86 bits per heavy atom. The van der Waals surface area contributed by atoms with Gasteiger partial charge in [0.2, 0.25) is 0 Å². The molecule has 0 unspecified atom stereocenters. The van der Waals surface area contributed by atoms with E-state index >= 15 is 0 Å². The molecule has 0 bridgehead atoms. The molecule has 2 aromatic carbocycles. The summed E-state index contributed by atoms with van der Waals surface area (Å²) >= 11 is 0. The molecular formula is C18H15N5O6. The van der Waals surface area contributed by atoms with Crippen LogP contribution < -0.4 is 4.90 Å². The normalized spacial score (nSPS) is 10.7. The summed E-state index contributed by atoms with van der Waals surface area (Å²) in [4.78, 5) is 38.1. The zero-order valence-electron chi connectivity index (χ0n) is 15.6. The van der Waals surface area contributed by atoms with E-state index in [0.717, 1.165) is 0 Å². The van der Waals surface area contributed by atoms with Gasteiger partial charge in [0.1, 0.15) is 0 Å². The van der Waals surface area contributed by atoms with E-state index < -0.39 is 26.1 Å². The van der Waals surface area contributed by atoms with Gasteiger partial charge in [-0.25, -0.2) is 4.98 Å². The van der Waals surface area contributed by atoms with Gasteiger partial charge in [-0.15, -0.1) is 0 Å². The molecule has 0 saturated heterocycles. The maximum absolute atomic E-state index is 11.5. The molecule has 0 aliphatic carbocycles. The molecule has 0 N–H and O–H groups in total. The molecule has 0 spiro atoms. The number of nitrogens with zero attached hydrogens (tertiary/aromatic N) is 5. The van der Waals surface area contributed by atoms with Crippen LogP contribution in [0.3, 0.4) is 0 Å². The molecule has 0 saturated carbocycles. The lowest BCUT2D eigenvalue weighted by atomic mass is 10.0. The van der Waals surface area contributed by atoms with Crippen LogP contribution in [0.2, 0.25) is 0 Å². The third-order valence-electron chi connectivity index (χ3n) is 4.44.